The molecule has 0 amide bonds. The maximum atomic E-state index is 12.9. The van der Waals surface area contributed by atoms with Crippen LogP contribution in [-0.2, 0) is 32.6 Å². The second-order valence-corrected chi connectivity index (χ2v) is 9.19. The highest BCUT2D eigenvalue weighted by Gasteiger charge is 2.52. The maximum absolute atomic E-state index is 12.9. The maximum Gasteiger partial charge on any atom is 0.510 e. The Bertz CT molecular complexity index is 513. The summed E-state index contributed by atoms with van der Waals surface area (Å²) in [5, 5.41) is 0. The molecule has 0 saturated heterocycles. The van der Waals surface area contributed by atoms with Gasteiger partial charge < -0.3 is 18.9 Å². The molecule has 9 nitrogen and oxygen atoms in total. The van der Waals surface area contributed by atoms with Crippen LogP contribution in [-0.4, -0.2) is 44.8 Å². The molecule has 27 heavy (non-hydrogen) atoms. The Morgan fingerprint density at radius 2 is 1.41 bits per heavy atom. The van der Waals surface area contributed by atoms with E-state index in [-0.39, 0.29) is 31.0 Å². The van der Waals surface area contributed by atoms with Crippen molar-refractivity contribution in [1.29, 1.82) is 0 Å². The molecule has 1 rings (SSSR count). The first kappa shape index (κ1) is 23.5. The molecule has 1 aliphatic carbocycles. The largest absolute Gasteiger partial charge is 0.510 e. The molecule has 0 N–H and O–H groups in total. The summed E-state index contributed by atoms with van der Waals surface area (Å²) in [6, 6.07) is 0. The van der Waals surface area contributed by atoms with Crippen LogP contribution in [0.15, 0.2) is 12.7 Å². The summed E-state index contributed by atoms with van der Waals surface area (Å²) in [6.45, 7) is 10.3. The van der Waals surface area contributed by atoms with Crippen molar-refractivity contribution in [2.24, 2.45) is 17.8 Å². The summed E-state index contributed by atoms with van der Waals surface area (Å²) in [5.41, 5.74) is -0.430. The molecule has 2 atom stereocenters. The predicted molar refractivity (Wildman–Crippen MR) is 96.1 cm³/mol. The summed E-state index contributed by atoms with van der Waals surface area (Å²) in [7, 11) is -3.68. The zero-order valence-electron chi connectivity index (χ0n) is 16.3. The first-order valence-corrected chi connectivity index (χ1v) is 10.4. The molecule has 0 aromatic heterocycles. The highest BCUT2D eigenvalue weighted by molar-refractivity contribution is 7.55. The number of ether oxygens (including phenoxy) is 4. The lowest BCUT2D eigenvalue weighted by Crippen LogP contribution is -2.16. The minimum Gasteiger partial charge on any atom is -0.434 e. The van der Waals surface area contributed by atoms with Crippen molar-refractivity contribution < 1.29 is 42.1 Å². The second-order valence-electron chi connectivity index (χ2n) is 6.93. The number of hydrogen-bond donors (Lipinski definition) is 0. The number of carbonyl (C=O) groups is 2. The van der Waals surface area contributed by atoms with E-state index in [9.17, 15) is 14.2 Å². The van der Waals surface area contributed by atoms with Gasteiger partial charge in [-0.1, -0.05) is 33.8 Å². The topological polar surface area (TPSA) is 107 Å². The first-order valence-electron chi connectivity index (χ1n) is 8.78. The molecule has 0 heterocycles. The van der Waals surface area contributed by atoms with Crippen molar-refractivity contribution in [3.8, 4) is 0 Å². The van der Waals surface area contributed by atoms with Crippen LogP contribution in [0.1, 0.15) is 34.1 Å². The monoisotopic (exact) mass is 408 g/mol. The lowest BCUT2D eigenvalue weighted by molar-refractivity contribution is -0.0245. The van der Waals surface area contributed by atoms with Gasteiger partial charge in [-0.3, -0.25) is 13.6 Å². The molecule has 1 aliphatic rings. The molecule has 0 aliphatic heterocycles. The fourth-order valence-electron chi connectivity index (χ4n) is 1.89. The summed E-state index contributed by atoms with van der Waals surface area (Å²) in [4.78, 5) is 22.8. The van der Waals surface area contributed by atoms with Gasteiger partial charge in [-0.05, 0) is 24.2 Å². The average molecular weight is 408 g/mol. The van der Waals surface area contributed by atoms with E-state index in [1.54, 1.807) is 6.08 Å². The van der Waals surface area contributed by atoms with Gasteiger partial charge in [-0.2, -0.15) is 0 Å². The molecule has 0 radical (unpaired) electrons. The van der Waals surface area contributed by atoms with Crippen LogP contribution < -0.4 is 0 Å². The third kappa shape index (κ3) is 9.26. The van der Waals surface area contributed by atoms with Crippen molar-refractivity contribution in [2.45, 2.75) is 39.8 Å². The van der Waals surface area contributed by atoms with Gasteiger partial charge in [0.1, 0.15) is 0 Å². The lowest BCUT2D eigenvalue weighted by atomic mass is 10.2. The molecule has 1 saturated carbocycles. The predicted octanol–water partition coefficient (Wildman–Crippen LogP) is 4.32. The second kappa shape index (κ2) is 11.3. The molecule has 10 heteroatoms. The van der Waals surface area contributed by atoms with Gasteiger partial charge in [0.15, 0.2) is 0 Å². The van der Waals surface area contributed by atoms with Crippen molar-refractivity contribution in [1.82, 2.24) is 0 Å². The van der Waals surface area contributed by atoms with Crippen molar-refractivity contribution in [3.05, 3.63) is 12.7 Å². The van der Waals surface area contributed by atoms with Crippen LogP contribution in [0, 0.1) is 17.8 Å². The Morgan fingerprint density at radius 3 is 1.74 bits per heavy atom. The fraction of sp³-hybridized carbons (Fsp3) is 0.765. The Kier molecular flexibility index (Phi) is 9.83. The number of rotatable bonds is 12. The van der Waals surface area contributed by atoms with E-state index < -0.39 is 39.2 Å². The molecular weight excluding hydrogens is 379 g/mol. The van der Waals surface area contributed by atoms with Gasteiger partial charge in [0, 0.05) is 0 Å². The van der Waals surface area contributed by atoms with Crippen LogP contribution in [0.4, 0.5) is 9.59 Å². The first-order chi connectivity index (χ1) is 12.7. The molecular formula is C17H29O9P. The van der Waals surface area contributed by atoms with Crippen molar-refractivity contribution >= 4 is 19.9 Å². The molecule has 0 unspecified atom stereocenters. The van der Waals surface area contributed by atoms with Crippen LogP contribution in [0.25, 0.3) is 0 Å². The van der Waals surface area contributed by atoms with E-state index in [1.807, 2.05) is 27.7 Å². The summed E-state index contributed by atoms with van der Waals surface area (Å²) in [6.07, 6.45) is 0.329. The van der Waals surface area contributed by atoms with Crippen molar-refractivity contribution in [3.63, 3.8) is 0 Å². The quantitative estimate of drug-likeness (QED) is 0.202. The molecule has 156 valence electrons. The Labute approximate surface area is 159 Å². The Balaban J connectivity index is 2.43. The summed E-state index contributed by atoms with van der Waals surface area (Å²) < 4.78 is 42.3. The Hall–Kier alpha value is -1.57. The van der Waals surface area contributed by atoms with Gasteiger partial charge in [-0.15, -0.1) is 6.58 Å². The average Bonchev–Trinajstić information content (AvgIpc) is 3.38. The van der Waals surface area contributed by atoms with Gasteiger partial charge in [0.05, 0.1) is 18.9 Å². The third-order valence-corrected chi connectivity index (χ3v) is 5.74. The van der Waals surface area contributed by atoms with Gasteiger partial charge in [-0.25, -0.2) is 9.59 Å². The lowest BCUT2D eigenvalue weighted by Gasteiger charge is -2.18. The molecule has 0 aromatic rings. The summed E-state index contributed by atoms with van der Waals surface area (Å²) in [5.74, 6) is 0.261. The van der Waals surface area contributed by atoms with Gasteiger partial charge in [0.25, 0.3) is 0 Å². The highest BCUT2D eigenvalue weighted by Crippen LogP contribution is 2.65. The molecule has 0 bridgehead atoms. The van der Waals surface area contributed by atoms with E-state index >= 15 is 0 Å². The highest BCUT2D eigenvalue weighted by atomic mass is 31.2. The van der Waals surface area contributed by atoms with E-state index in [4.69, 9.17) is 28.0 Å². The Morgan fingerprint density at radius 1 is 0.963 bits per heavy atom. The van der Waals surface area contributed by atoms with Crippen LogP contribution in [0.2, 0.25) is 0 Å². The number of allylic oxidation sites excluding steroid dienone is 1. The smallest absolute Gasteiger partial charge is 0.434 e. The van der Waals surface area contributed by atoms with Gasteiger partial charge in [0.2, 0.25) is 13.6 Å². The normalized spacial score (nSPS) is 18.9. The SMILES string of the molecule is C=C[C@@H]1C[C@@H]1P(=O)(OCOC(=O)OCC(C)C)OCOC(=O)OCC(C)C. The van der Waals surface area contributed by atoms with Crippen molar-refractivity contribution in [2.75, 3.05) is 26.8 Å². The fourth-order valence-corrected chi connectivity index (χ4v) is 3.84. The van der Waals surface area contributed by atoms with E-state index in [0.717, 1.165) is 0 Å². The van der Waals surface area contributed by atoms with Crippen LogP contribution >= 0.6 is 7.60 Å². The molecule has 0 aromatic carbocycles. The zero-order chi connectivity index (χ0) is 20.4. The standard InChI is InChI=1S/C17H29O9P/c1-6-14-7-15(14)27(20,25-10-23-16(18)21-8-12(2)3)26-11-24-17(19)22-9-13(4)5/h6,12-15H,1,7-11H2,2-5H3/t14-,15+/m1/s1. The zero-order valence-corrected chi connectivity index (χ0v) is 17.1. The van der Waals surface area contributed by atoms with Crippen LogP contribution in [0.5, 0.6) is 0 Å². The summed E-state index contributed by atoms with van der Waals surface area (Å²) >= 11 is 0. The number of hydrogen-bond acceptors (Lipinski definition) is 9. The minimum absolute atomic E-state index is 0.0448. The number of carbonyl (C=O) groups excluding carboxylic acids is 2. The molecule has 0 spiro atoms. The molecule has 1 fully saturated rings. The van der Waals surface area contributed by atoms with E-state index in [2.05, 4.69) is 6.58 Å². The van der Waals surface area contributed by atoms with Crippen LogP contribution in [0.3, 0.4) is 0 Å². The third-order valence-electron chi connectivity index (χ3n) is 3.40. The van der Waals surface area contributed by atoms with Gasteiger partial charge >= 0.3 is 19.9 Å². The van der Waals surface area contributed by atoms with E-state index in [1.165, 1.54) is 0 Å². The minimum atomic E-state index is -3.68. The van der Waals surface area contributed by atoms with E-state index in [0.29, 0.717) is 6.42 Å².